The minimum atomic E-state index is -4.47. The van der Waals surface area contributed by atoms with Crippen LogP contribution in [-0.4, -0.2) is 60.1 Å². The Hall–Kier alpha value is -3.28. The van der Waals surface area contributed by atoms with E-state index in [2.05, 4.69) is 20.9 Å². The number of fused-ring (bicyclic) bond motifs is 2. The molecule has 12 heteroatoms. The van der Waals surface area contributed by atoms with Crippen molar-refractivity contribution in [3.05, 3.63) is 46.2 Å². The van der Waals surface area contributed by atoms with Crippen LogP contribution in [0.2, 0.25) is 0 Å². The molecule has 3 aliphatic rings. The van der Waals surface area contributed by atoms with Crippen molar-refractivity contribution < 1.29 is 22.7 Å². The number of anilines is 3. The number of nitrogens with zero attached hydrogens (tertiary/aromatic N) is 3. The third-order valence-electron chi connectivity index (χ3n) is 7.28. The van der Waals surface area contributed by atoms with E-state index in [1.165, 1.54) is 15.5 Å². The Labute approximate surface area is 212 Å². The standard InChI is InChI=1S/C25H31F3N6O3/c1-2-29-23(36)31-17-5-3-15(4-6-17)7-9-33-20(25(26,27)28)8-10-34-22(35)12-21(32-24(33)34)30-13-19-18-11-16(18)14-37-19/h3-6,12,16,18-20,30H,2,7-11,13-14H2,1H3,(H2,29,31,36)/t16-,18?,19+,20-/m0/s1. The molecule has 37 heavy (non-hydrogen) atoms. The second-order valence-electron chi connectivity index (χ2n) is 9.81. The number of aromatic nitrogens is 2. The number of hydrogen-bond acceptors (Lipinski definition) is 6. The maximum absolute atomic E-state index is 14.0. The molecule has 5 rings (SSSR count). The van der Waals surface area contributed by atoms with Crippen LogP contribution in [-0.2, 0) is 17.7 Å². The minimum Gasteiger partial charge on any atom is -0.376 e. The van der Waals surface area contributed by atoms with Gasteiger partial charge in [-0.3, -0.25) is 9.36 Å². The van der Waals surface area contributed by atoms with Gasteiger partial charge in [-0.1, -0.05) is 12.1 Å². The Morgan fingerprint density at radius 3 is 2.68 bits per heavy atom. The smallest absolute Gasteiger partial charge is 0.376 e. The number of carbonyl (C=O) groups is 1. The molecule has 2 aliphatic heterocycles. The SMILES string of the molecule is CCNC(=O)Nc1ccc(CCN2c3nc(NC[C@H]4OC[C@@H]5CC54)cc(=O)n3CC[C@H]2C(F)(F)F)cc1. The lowest BCUT2D eigenvalue weighted by Crippen LogP contribution is -2.53. The van der Waals surface area contributed by atoms with Crippen molar-refractivity contribution in [2.45, 2.75) is 51.1 Å². The number of alkyl halides is 3. The first-order valence-electron chi connectivity index (χ1n) is 12.7. The summed E-state index contributed by atoms with van der Waals surface area (Å²) in [5, 5.41) is 8.44. The average molecular weight is 521 g/mol. The highest BCUT2D eigenvalue weighted by Gasteiger charge is 2.49. The summed E-state index contributed by atoms with van der Waals surface area (Å²) in [5.74, 6) is 1.41. The van der Waals surface area contributed by atoms with E-state index in [-0.39, 0.29) is 49.0 Å². The lowest BCUT2D eigenvalue weighted by Gasteiger charge is -2.39. The molecular weight excluding hydrogens is 489 g/mol. The molecule has 3 N–H and O–H groups in total. The van der Waals surface area contributed by atoms with Crippen molar-refractivity contribution in [3.8, 4) is 0 Å². The van der Waals surface area contributed by atoms with E-state index in [1.807, 2.05) is 6.92 Å². The van der Waals surface area contributed by atoms with Crippen LogP contribution in [0.25, 0.3) is 0 Å². The van der Waals surface area contributed by atoms with E-state index in [0.29, 0.717) is 37.0 Å². The second kappa shape index (κ2) is 10.2. The van der Waals surface area contributed by atoms with Crippen LogP contribution >= 0.6 is 0 Å². The minimum absolute atomic E-state index is 0.0229. The monoisotopic (exact) mass is 520 g/mol. The normalized spacial score (nSPS) is 24.3. The predicted molar refractivity (Wildman–Crippen MR) is 133 cm³/mol. The van der Waals surface area contributed by atoms with Gasteiger partial charge in [-0.25, -0.2) is 4.79 Å². The van der Waals surface area contributed by atoms with Crippen LogP contribution in [0.3, 0.4) is 0 Å². The first kappa shape index (κ1) is 25.4. The molecule has 9 nitrogen and oxygen atoms in total. The molecular formula is C25H31F3N6O3. The van der Waals surface area contributed by atoms with Gasteiger partial charge in [0.2, 0.25) is 5.95 Å². The molecule has 200 valence electrons. The summed E-state index contributed by atoms with van der Waals surface area (Å²) in [6.07, 6.45) is -3.21. The van der Waals surface area contributed by atoms with Gasteiger partial charge in [0.1, 0.15) is 11.9 Å². The third kappa shape index (κ3) is 5.68. The summed E-state index contributed by atoms with van der Waals surface area (Å²) in [5.41, 5.74) is 1.00. The summed E-state index contributed by atoms with van der Waals surface area (Å²) in [6, 6.07) is 6.21. The van der Waals surface area contributed by atoms with Crippen molar-refractivity contribution in [2.75, 3.05) is 41.8 Å². The van der Waals surface area contributed by atoms with Gasteiger partial charge in [-0.2, -0.15) is 18.2 Å². The predicted octanol–water partition coefficient (Wildman–Crippen LogP) is 3.22. The molecule has 1 aliphatic carbocycles. The third-order valence-corrected chi connectivity index (χ3v) is 7.28. The van der Waals surface area contributed by atoms with Crippen LogP contribution in [0.1, 0.15) is 25.3 Å². The summed E-state index contributed by atoms with van der Waals surface area (Å²) in [7, 11) is 0. The summed E-state index contributed by atoms with van der Waals surface area (Å²) >= 11 is 0. The molecule has 1 aromatic carbocycles. The number of amides is 2. The number of ether oxygens (including phenoxy) is 1. The van der Waals surface area contributed by atoms with E-state index >= 15 is 0 Å². The number of halogens is 3. The maximum atomic E-state index is 14.0. The van der Waals surface area contributed by atoms with Crippen molar-refractivity contribution >= 4 is 23.5 Å². The van der Waals surface area contributed by atoms with Gasteiger partial charge >= 0.3 is 12.2 Å². The Balaban J connectivity index is 1.32. The maximum Gasteiger partial charge on any atom is 0.408 e. The summed E-state index contributed by atoms with van der Waals surface area (Å²) < 4.78 is 49.1. The largest absolute Gasteiger partial charge is 0.408 e. The fourth-order valence-electron chi connectivity index (χ4n) is 5.20. The zero-order valence-corrected chi connectivity index (χ0v) is 20.6. The molecule has 1 unspecified atom stereocenters. The number of nitrogens with one attached hydrogen (secondary N) is 3. The molecule has 2 fully saturated rings. The Kier molecular flexibility index (Phi) is 7.02. The number of benzene rings is 1. The number of hydrogen-bond donors (Lipinski definition) is 3. The van der Waals surface area contributed by atoms with E-state index < -0.39 is 12.2 Å². The highest BCUT2D eigenvalue weighted by molar-refractivity contribution is 5.89. The van der Waals surface area contributed by atoms with Crippen LogP contribution in [0.15, 0.2) is 35.1 Å². The van der Waals surface area contributed by atoms with Gasteiger partial charge in [0, 0.05) is 37.9 Å². The molecule has 1 saturated carbocycles. The van der Waals surface area contributed by atoms with Crippen LogP contribution in [0, 0.1) is 11.8 Å². The molecule has 1 aromatic heterocycles. The first-order valence-corrected chi connectivity index (χ1v) is 12.7. The van der Waals surface area contributed by atoms with Gasteiger partial charge < -0.3 is 25.6 Å². The van der Waals surface area contributed by atoms with Crippen molar-refractivity contribution in [1.29, 1.82) is 0 Å². The Morgan fingerprint density at radius 2 is 2.03 bits per heavy atom. The molecule has 0 bridgehead atoms. The number of carbonyl (C=O) groups excluding carboxylic acids is 1. The molecule has 2 aromatic rings. The van der Waals surface area contributed by atoms with E-state index in [1.54, 1.807) is 24.3 Å². The Bertz CT molecular complexity index is 1190. The highest BCUT2D eigenvalue weighted by Crippen LogP contribution is 2.48. The van der Waals surface area contributed by atoms with Gasteiger partial charge in [0.15, 0.2) is 0 Å². The van der Waals surface area contributed by atoms with E-state index in [0.717, 1.165) is 18.6 Å². The average Bonchev–Trinajstić information content (AvgIpc) is 3.53. The lowest BCUT2D eigenvalue weighted by atomic mass is 10.1. The highest BCUT2D eigenvalue weighted by atomic mass is 19.4. The first-order chi connectivity index (χ1) is 17.7. The fraction of sp³-hybridized carbons (Fsp3) is 0.560. The van der Waals surface area contributed by atoms with Gasteiger partial charge in [-0.05, 0) is 55.7 Å². The van der Waals surface area contributed by atoms with Crippen molar-refractivity contribution in [3.63, 3.8) is 0 Å². The molecule has 0 radical (unpaired) electrons. The molecule has 2 amide bonds. The number of rotatable bonds is 8. The summed E-state index contributed by atoms with van der Waals surface area (Å²) in [6.45, 7) is 3.49. The zero-order valence-electron chi connectivity index (χ0n) is 20.6. The van der Waals surface area contributed by atoms with Gasteiger partial charge in [0.25, 0.3) is 5.56 Å². The zero-order chi connectivity index (χ0) is 26.2. The quantitative estimate of drug-likeness (QED) is 0.494. The van der Waals surface area contributed by atoms with Crippen molar-refractivity contribution in [1.82, 2.24) is 14.9 Å². The second-order valence-corrected chi connectivity index (χ2v) is 9.81. The van der Waals surface area contributed by atoms with Crippen molar-refractivity contribution in [2.24, 2.45) is 11.8 Å². The molecule has 0 spiro atoms. The topological polar surface area (TPSA) is 101 Å². The van der Waals surface area contributed by atoms with E-state index in [9.17, 15) is 22.8 Å². The molecule has 1 saturated heterocycles. The summed E-state index contributed by atoms with van der Waals surface area (Å²) in [4.78, 5) is 30.2. The fourth-order valence-corrected chi connectivity index (χ4v) is 5.20. The van der Waals surface area contributed by atoms with Gasteiger partial charge in [-0.15, -0.1) is 0 Å². The van der Waals surface area contributed by atoms with Crippen LogP contribution < -0.4 is 26.4 Å². The van der Waals surface area contributed by atoms with Gasteiger partial charge in [0.05, 0.1) is 12.7 Å². The molecule has 4 atom stereocenters. The van der Waals surface area contributed by atoms with E-state index in [4.69, 9.17) is 4.74 Å². The molecule has 3 heterocycles. The Morgan fingerprint density at radius 1 is 1.24 bits per heavy atom. The number of urea groups is 1. The lowest BCUT2D eigenvalue weighted by molar-refractivity contribution is -0.152. The van der Waals surface area contributed by atoms with Crippen LogP contribution in [0.4, 0.5) is 35.4 Å². The van der Waals surface area contributed by atoms with Crippen LogP contribution in [0.5, 0.6) is 0 Å².